The summed E-state index contributed by atoms with van der Waals surface area (Å²) < 4.78 is 0. The highest BCUT2D eigenvalue weighted by Gasteiger charge is 2.08. The van der Waals surface area contributed by atoms with Crippen LogP contribution in [0.1, 0.15) is 27.7 Å². The van der Waals surface area contributed by atoms with E-state index in [-0.39, 0.29) is 12.5 Å². The van der Waals surface area contributed by atoms with E-state index in [0.717, 1.165) is 5.69 Å². The third-order valence-electron chi connectivity index (χ3n) is 3.23. The second kappa shape index (κ2) is 6.69. The molecule has 0 saturated heterocycles. The van der Waals surface area contributed by atoms with Crippen LogP contribution in [0.15, 0.2) is 48.7 Å². The molecule has 2 aromatic heterocycles. The molecule has 23 heavy (non-hydrogen) atoms. The average molecular weight is 308 g/mol. The standard InChI is InChI=1S/C16H16N6O/c17-12-6-4-11(5-7-12)16(23)19-10-15-20-14(21-22-15)9-13-3-1-2-8-18-13/h1-8H,9-10,17H2,(H,19,23)(H,20,21,22). The minimum absolute atomic E-state index is 0.187. The highest BCUT2D eigenvalue weighted by molar-refractivity contribution is 5.94. The van der Waals surface area contributed by atoms with E-state index in [1.54, 1.807) is 30.5 Å². The quantitative estimate of drug-likeness (QED) is 0.615. The second-order valence-corrected chi connectivity index (χ2v) is 5.00. The van der Waals surface area contributed by atoms with Crippen LogP contribution in [0.2, 0.25) is 0 Å². The number of nitrogens with two attached hydrogens (primary N) is 1. The van der Waals surface area contributed by atoms with Crippen LogP contribution in [0, 0.1) is 0 Å². The number of hydrogen-bond acceptors (Lipinski definition) is 5. The molecule has 116 valence electrons. The summed E-state index contributed by atoms with van der Waals surface area (Å²) in [5.74, 6) is 1.05. The Morgan fingerprint density at radius 3 is 2.74 bits per heavy atom. The van der Waals surface area contributed by atoms with Crippen molar-refractivity contribution in [1.82, 2.24) is 25.5 Å². The van der Waals surface area contributed by atoms with E-state index in [0.29, 0.717) is 29.3 Å². The van der Waals surface area contributed by atoms with Gasteiger partial charge in [0.1, 0.15) is 5.82 Å². The van der Waals surface area contributed by atoms with E-state index in [1.165, 1.54) is 0 Å². The van der Waals surface area contributed by atoms with Crippen LogP contribution in [-0.2, 0) is 13.0 Å². The van der Waals surface area contributed by atoms with Gasteiger partial charge in [-0.15, -0.1) is 0 Å². The summed E-state index contributed by atoms with van der Waals surface area (Å²) in [6.07, 6.45) is 2.28. The number of anilines is 1. The molecule has 0 spiro atoms. The minimum Gasteiger partial charge on any atom is -0.399 e. The lowest BCUT2D eigenvalue weighted by Crippen LogP contribution is -2.23. The Bertz CT molecular complexity index is 782. The van der Waals surface area contributed by atoms with Crippen molar-refractivity contribution in [3.8, 4) is 0 Å². The monoisotopic (exact) mass is 308 g/mol. The molecule has 0 fully saturated rings. The maximum Gasteiger partial charge on any atom is 0.251 e. The van der Waals surface area contributed by atoms with Crippen molar-refractivity contribution in [2.75, 3.05) is 5.73 Å². The van der Waals surface area contributed by atoms with Crippen molar-refractivity contribution < 1.29 is 4.79 Å². The van der Waals surface area contributed by atoms with Gasteiger partial charge in [-0.05, 0) is 36.4 Å². The molecule has 0 bridgehead atoms. The third-order valence-corrected chi connectivity index (χ3v) is 3.23. The number of nitrogen functional groups attached to an aromatic ring is 1. The summed E-state index contributed by atoms with van der Waals surface area (Å²) >= 11 is 0. The summed E-state index contributed by atoms with van der Waals surface area (Å²) in [5.41, 5.74) is 7.66. The fourth-order valence-electron chi connectivity index (χ4n) is 2.06. The maximum absolute atomic E-state index is 12.0. The number of aromatic nitrogens is 4. The molecule has 0 saturated carbocycles. The van der Waals surface area contributed by atoms with Crippen LogP contribution in [0.5, 0.6) is 0 Å². The Hall–Kier alpha value is -3.22. The van der Waals surface area contributed by atoms with Crippen molar-refractivity contribution in [3.63, 3.8) is 0 Å². The fraction of sp³-hybridized carbons (Fsp3) is 0.125. The number of nitrogens with one attached hydrogen (secondary N) is 2. The van der Waals surface area contributed by atoms with Crippen molar-refractivity contribution in [2.24, 2.45) is 0 Å². The van der Waals surface area contributed by atoms with Crippen molar-refractivity contribution in [3.05, 3.63) is 71.6 Å². The highest BCUT2D eigenvalue weighted by atomic mass is 16.1. The van der Waals surface area contributed by atoms with Crippen LogP contribution in [0.3, 0.4) is 0 Å². The number of carbonyl (C=O) groups is 1. The van der Waals surface area contributed by atoms with Gasteiger partial charge < -0.3 is 11.1 Å². The normalized spacial score (nSPS) is 10.4. The molecule has 3 rings (SSSR count). The van der Waals surface area contributed by atoms with E-state index in [2.05, 4.69) is 25.5 Å². The minimum atomic E-state index is -0.187. The number of H-pyrrole nitrogens is 1. The van der Waals surface area contributed by atoms with E-state index < -0.39 is 0 Å². The predicted molar refractivity (Wildman–Crippen MR) is 85.5 cm³/mol. The van der Waals surface area contributed by atoms with E-state index in [1.807, 2.05) is 18.2 Å². The maximum atomic E-state index is 12.0. The first kappa shape index (κ1) is 14.7. The van der Waals surface area contributed by atoms with Crippen molar-refractivity contribution >= 4 is 11.6 Å². The lowest BCUT2D eigenvalue weighted by molar-refractivity contribution is 0.0950. The van der Waals surface area contributed by atoms with Crippen LogP contribution in [-0.4, -0.2) is 26.1 Å². The highest BCUT2D eigenvalue weighted by Crippen LogP contribution is 2.06. The first-order valence-electron chi connectivity index (χ1n) is 7.14. The lowest BCUT2D eigenvalue weighted by Gasteiger charge is -2.03. The summed E-state index contributed by atoms with van der Waals surface area (Å²) in [6.45, 7) is 0.276. The van der Waals surface area contributed by atoms with Gasteiger partial charge in [0.25, 0.3) is 5.91 Å². The average Bonchev–Trinajstić information content (AvgIpc) is 3.02. The SMILES string of the molecule is Nc1ccc(C(=O)NCc2nc(Cc3ccccn3)n[nH]2)cc1. The summed E-state index contributed by atoms with van der Waals surface area (Å²) in [7, 11) is 0. The number of aromatic amines is 1. The fourth-order valence-corrected chi connectivity index (χ4v) is 2.06. The molecule has 0 aliphatic heterocycles. The number of amides is 1. The zero-order valence-corrected chi connectivity index (χ0v) is 12.4. The van der Waals surface area contributed by atoms with E-state index >= 15 is 0 Å². The molecule has 0 unspecified atom stereocenters. The summed E-state index contributed by atoms with van der Waals surface area (Å²) in [5, 5.41) is 9.73. The molecule has 4 N–H and O–H groups in total. The topological polar surface area (TPSA) is 110 Å². The Morgan fingerprint density at radius 1 is 1.17 bits per heavy atom. The number of benzene rings is 1. The number of pyridine rings is 1. The van der Waals surface area contributed by atoms with Gasteiger partial charge in [-0.3, -0.25) is 14.9 Å². The Kier molecular flexibility index (Phi) is 4.28. The molecule has 0 aliphatic carbocycles. The molecule has 0 radical (unpaired) electrons. The summed E-state index contributed by atoms with van der Waals surface area (Å²) in [6, 6.07) is 12.4. The first-order valence-corrected chi connectivity index (χ1v) is 7.14. The molecular formula is C16H16N6O. The molecule has 7 heteroatoms. The number of carbonyl (C=O) groups excluding carboxylic acids is 1. The molecular weight excluding hydrogens is 292 g/mol. The van der Waals surface area contributed by atoms with Gasteiger partial charge in [-0.25, -0.2) is 4.98 Å². The molecule has 1 amide bonds. The van der Waals surface area contributed by atoms with E-state index in [9.17, 15) is 4.79 Å². The van der Waals surface area contributed by atoms with Crippen LogP contribution < -0.4 is 11.1 Å². The van der Waals surface area contributed by atoms with Crippen molar-refractivity contribution in [2.45, 2.75) is 13.0 Å². The van der Waals surface area contributed by atoms with Gasteiger partial charge in [0, 0.05) is 23.1 Å². The third kappa shape index (κ3) is 3.91. The largest absolute Gasteiger partial charge is 0.399 e. The molecule has 3 aromatic rings. The molecule has 2 heterocycles. The number of nitrogens with zero attached hydrogens (tertiary/aromatic N) is 3. The van der Waals surface area contributed by atoms with Crippen LogP contribution in [0.25, 0.3) is 0 Å². The second-order valence-electron chi connectivity index (χ2n) is 5.00. The lowest BCUT2D eigenvalue weighted by atomic mass is 10.2. The van der Waals surface area contributed by atoms with Gasteiger partial charge in [0.15, 0.2) is 5.82 Å². The molecule has 0 atom stereocenters. The van der Waals surface area contributed by atoms with Crippen molar-refractivity contribution in [1.29, 1.82) is 0 Å². The molecule has 0 aliphatic rings. The smallest absolute Gasteiger partial charge is 0.251 e. The zero-order chi connectivity index (χ0) is 16.1. The number of hydrogen-bond donors (Lipinski definition) is 3. The van der Waals surface area contributed by atoms with Crippen LogP contribution in [0.4, 0.5) is 5.69 Å². The van der Waals surface area contributed by atoms with E-state index in [4.69, 9.17) is 5.73 Å². The van der Waals surface area contributed by atoms with Crippen LogP contribution >= 0.6 is 0 Å². The van der Waals surface area contributed by atoms with Gasteiger partial charge in [0.2, 0.25) is 0 Å². The summed E-state index contributed by atoms with van der Waals surface area (Å²) in [4.78, 5) is 20.6. The van der Waals surface area contributed by atoms with Gasteiger partial charge in [-0.2, -0.15) is 5.10 Å². The number of rotatable bonds is 5. The van der Waals surface area contributed by atoms with Gasteiger partial charge >= 0.3 is 0 Å². The molecule has 7 nitrogen and oxygen atoms in total. The van der Waals surface area contributed by atoms with Gasteiger partial charge in [-0.1, -0.05) is 6.07 Å². The van der Waals surface area contributed by atoms with Gasteiger partial charge in [0.05, 0.1) is 13.0 Å². The predicted octanol–water partition coefficient (Wildman–Crippen LogP) is 1.30. The zero-order valence-electron chi connectivity index (χ0n) is 12.4. The Balaban J connectivity index is 1.57. The Labute approximate surface area is 133 Å². The Morgan fingerprint density at radius 2 is 2.00 bits per heavy atom. The molecule has 1 aromatic carbocycles. The first-order chi connectivity index (χ1) is 11.2.